The van der Waals surface area contributed by atoms with E-state index < -0.39 is 13.4 Å². The van der Waals surface area contributed by atoms with Crippen molar-refractivity contribution in [2.75, 3.05) is 13.2 Å². The molecule has 0 aromatic heterocycles. The largest absolute Gasteiger partial charge is 0.335 e. The summed E-state index contributed by atoms with van der Waals surface area (Å²) < 4.78 is 36.0. The second kappa shape index (κ2) is 6.50. The lowest BCUT2D eigenvalue weighted by Gasteiger charge is -2.17. The molecule has 0 spiro atoms. The Morgan fingerprint density at radius 1 is 1.29 bits per heavy atom. The number of hydrogen-bond acceptors (Lipinski definition) is 3. The quantitative estimate of drug-likeness (QED) is 0.731. The van der Waals surface area contributed by atoms with Gasteiger partial charge in [-0.25, -0.2) is 4.39 Å². The van der Waals surface area contributed by atoms with Gasteiger partial charge in [0.25, 0.3) is 0 Å². The monoisotopic (exact) mass is 280 g/mol. The first-order valence-electron chi connectivity index (χ1n) is 5.33. The van der Waals surface area contributed by atoms with Gasteiger partial charge in [0.15, 0.2) is 0 Å². The van der Waals surface area contributed by atoms with E-state index in [1.165, 1.54) is 12.1 Å². The molecule has 0 aliphatic carbocycles. The van der Waals surface area contributed by atoms with Crippen molar-refractivity contribution in [3.05, 3.63) is 34.6 Å². The van der Waals surface area contributed by atoms with Crippen LogP contribution in [0.1, 0.15) is 19.4 Å². The minimum Gasteiger partial charge on any atom is -0.309 e. The molecule has 1 rings (SSSR count). The van der Waals surface area contributed by atoms with Crippen LogP contribution in [0.3, 0.4) is 0 Å². The Kier molecular flexibility index (Phi) is 5.60. The summed E-state index contributed by atoms with van der Waals surface area (Å²) in [6, 6.07) is 4.56. The maximum absolute atomic E-state index is 13.6. The number of halogens is 2. The highest BCUT2D eigenvalue weighted by molar-refractivity contribution is 7.53. The van der Waals surface area contributed by atoms with Crippen LogP contribution in [-0.4, -0.2) is 13.2 Å². The van der Waals surface area contributed by atoms with Crippen LogP contribution in [0.5, 0.6) is 0 Å². The van der Waals surface area contributed by atoms with E-state index in [-0.39, 0.29) is 30.0 Å². The fraction of sp³-hybridized carbons (Fsp3) is 0.455. The normalized spacial score (nSPS) is 11.8. The van der Waals surface area contributed by atoms with Gasteiger partial charge in [-0.3, -0.25) is 4.57 Å². The average molecular weight is 281 g/mol. The molecule has 3 nitrogen and oxygen atoms in total. The predicted octanol–water partition coefficient (Wildman–Crippen LogP) is 4.25. The second-order valence-corrected chi connectivity index (χ2v) is 5.78. The molecule has 0 N–H and O–H groups in total. The van der Waals surface area contributed by atoms with Crippen molar-refractivity contribution >= 4 is 19.2 Å². The molecule has 0 aliphatic heterocycles. The summed E-state index contributed by atoms with van der Waals surface area (Å²) in [6.07, 6.45) is -0.110. The Labute approximate surface area is 105 Å². The fourth-order valence-corrected chi connectivity index (χ4v) is 3.30. The van der Waals surface area contributed by atoms with Crippen molar-refractivity contribution in [1.29, 1.82) is 0 Å². The van der Waals surface area contributed by atoms with Gasteiger partial charge >= 0.3 is 7.60 Å². The Morgan fingerprint density at radius 3 is 2.41 bits per heavy atom. The molecule has 96 valence electrons. The van der Waals surface area contributed by atoms with Gasteiger partial charge in [0.05, 0.1) is 24.4 Å². The van der Waals surface area contributed by atoms with Gasteiger partial charge in [-0.15, -0.1) is 0 Å². The summed E-state index contributed by atoms with van der Waals surface area (Å²) in [4.78, 5) is 0. The summed E-state index contributed by atoms with van der Waals surface area (Å²) in [5.41, 5.74) is 0.239. The lowest BCUT2D eigenvalue weighted by atomic mass is 10.2. The van der Waals surface area contributed by atoms with Gasteiger partial charge in [-0.2, -0.15) is 0 Å². The minimum absolute atomic E-state index is 0.00190. The van der Waals surface area contributed by atoms with Gasteiger partial charge in [-0.05, 0) is 19.9 Å². The molecule has 17 heavy (non-hydrogen) atoms. The molecular formula is C11H15ClFO3P. The van der Waals surface area contributed by atoms with Crippen LogP contribution >= 0.6 is 19.2 Å². The van der Waals surface area contributed by atoms with Crippen LogP contribution in [0.25, 0.3) is 0 Å². The van der Waals surface area contributed by atoms with E-state index in [0.717, 1.165) is 0 Å². The maximum atomic E-state index is 13.6. The van der Waals surface area contributed by atoms with Crippen LogP contribution in [0, 0.1) is 5.82 Å². The SMILES string of the molecule is CCOP(=O)(Cc1cccc(Cl)c1F)OCC. The van der Waals surface area contributed by atoms with Crippen molar-refractivity contribution < 1.29 is 18.0 Å². The lowest BCUT2D eigenvalue weighted by Crippen LogP contribution is -2.01. The first-order chi connectivity index (χ1) is 8.02. The zero-order valence-electron chi connectivity index (χ0n) is 9.78. The third kappa shape index (κ3) is 4.07. The second-order valence-electron chi connectivity index (χ2n) is 3.32. The topological polar surface area (TPSA) is 35.5 Å². The van der Waals surface area contributed by atoms with Crippen LogP contribution in [0.4, 0.5) is 4.39 Å². The molecular weight excluding hydrogens is 266 g/mol. The van der Waals surface area contributed by atoms with Crippen molar-refractivity contribution in [2.24, 2.45) is 0 Å². The molecule has 0 unspecified atom stereocenters. The molecule has 0 saturated carbocycles. The molecule has 1 aromatic rings. The highest BCUT2D eigenvalue weighted by Crippen LogP contribution is 2.51. The van der Waals surface area contributed by atoms with E-state index in [1.54, 1.807) is 19.9 Å². The standard InChI is InChI=1S/C11H15ClFO3P/c1-3-15-17(14,16-4-2)8-9-6-5-7-10(12)11(9)13/h5-7H,3-4,8H2,1-2H3. The van der Waals surface area contributed by atoms with E-state index in [4.69, 9.17) is 20.6 Å². The molecule has 0 fully saturated rings. The third-order valence-corrected chi connectivity index (χ3v) is 4.37. The van der Waals surface area contributed by atoms with Gasteiger partial charge in [0.1, 0.15) is 5.82 Å². The number of benzene rings is 1. The highest BCUT2D eigenvalue weighted by atomic mass is 35.5. The fourth-order valence-electron chi connectivity index (χ4n) is 1.40. The molecule has 0 atom stereocenters. The first-order valence-corrected chi connectivity index (χ1v) is 7.44. The first kappa shape index (κ1) is 14.7. The maximum Gasteiger partial charge on any atom is 0.335 e. The molecule has 1 aromatic carbocycles. The van der Waals surface area contributed by atoms with E-state index >= 15 is 0 Å². The Balaban J connectivity index is 2.93. The van der Waals surface area contributed by atoms with Crippen molar-refractivity contribution in [2.45, 2.75) is 20.0 Å². The zero-order valence-corrected chi connectivity index (χ0v) is 11.4. The molecule has 0 aliphatic rings. The summed E-state index contributed by atoms with van der Waals surface area (Å²) in [5.74, 6) is -0.575. The Hall–Kier alpha value is -0.410. The molecule has 0 saturated heterocycles. The third-order valence-electron chi connectivity index (χ3n) is 2.05. The van der Waals surface area contributed by atoms with E-state index in [2.05, 4.69) is 0 Å². The van der Waals surface area contributed by atoms with Crippen molar-refractivity contribution in [3.8, 4) is 0 Å². The van der Waals surface area contributed by atoms with Crippen LogP contribution in [0.2, 0.25) is 5.02 Å². The van der Waals surface area contributed by atoms with E-state index in [1.807, 2.05) is 0 Å². The van der Waals surface area contributed by atoms with E-state index in [9.17, 15) is 8.96 Å². The van der Waals surface area contributed by atoms with Crippen molar-refractivity contribution in [1.82, 2.24) is 0 Å². The number of hydrogen-bond donors (Lipinski definition) is 0. The van der Waals surface area contributed by atoms with Gasteiger partial charge in [0, 0.05) is 5.56 Å². The smallest absolute Gasteiger partial charge is 0.309 e. The molecule has 0 bridgehead atoms. The number of rotatable bonds is 6. The summed E-state index contributed by atoms with van der Waals surface area (Å²) >= 11 is 5.65. The Bertz CT molecular complexity index is 415. The van der Waals surface area contributed by atoms with E-state index in [0.29, 0.717) is 0 Å². The predicted molar refractivity (Wildman–Crippen MR) is 66.0 cm³/mol. The van der Waals surface area contributed by atoms with Crippen LogP contribution in [0.15, 0.2) is 18.2 Å². The highest BCUT2D eigenvalue weighted by Gasteiger charge is 2.26. The van der Waals surface area contributed by atoms with Crippen LogP contribution in [-0.2, 0) is 19.8 Å². The zero-order chi connectivity index (χ0) is 12.9. The molecule has 0 amide bonds. The van der Waals surface area contributed by atoms with Crippen LogP contribution < -0.4 is 0 Å². The minimum atomic E-state index is -3.29. The summed E-state index contributed by atoms with van der Waals surface area (Å²) in [5, 5.41) is 0.00190. The molecule has 0 radical (unpaired) electrons. The summed E-state index contributed by atoms with van der Waals surface area (Å²) in [7, 11) is -3.29. The average Bonchev–Trinajstić information content (AvgIpc) is 2.25. The molecule has 6 heteroatoms. The van der Waals surface area contributed by atoms with Gasteiger partial charge < -0.3 is 9.05 Å². The van der Waals surface area contributed by atoms with Gasteiger partial charge in [-0.1, -0.05) is 23.7 Å². The lowest BCUT2D eigenvalue weighted by molar-refractivity contribution is 0.219. The van der Waals surface area contributed by atoms with Gasteiger partial charge in [0.2, 0.25) is 0 Å². The Morgan fingerprint density at radius 2 is 1.88 bits per heavy atom. The molecule has 0 heterocycles. The summed E-state index contributed by atoms with van der Waals surface area (Å²) in [6.45, 7) is 3.92. The van der Waals surface area contributed by atoms with Crippen molar-refractivity contribution in [3.63, 3.8) is 0 Å².